The first kappa shape index (κ1) is 18.1. The second-order valence-electron chi connectivity index (χ2n) is 5.34. The van der Waals surface area contributed by atoms with Gasteiger partial charge in [0.1, 0.15) is 0 Å². The summed E-state index contributed by atoms with van der Waals surface area (Å²) in [5, 5.41) is 5.02. The second-order valence-corrected chi connectivity index (χ2v) is 6.32. The Kier molecular flexibility index (Phi) is 6.49. The summed E-state index contributed by atoms with van der Waals surface area (Å²) in [5.74, 6) is 1.77. The fourth-order valence-electron chi connectivity index (χ4n) is 2.46. The second kappa shape index (κ2) is 8.59. The molecule has 1 atom stereocenters. The van der Waals surface area contributed by atoms with Crippen LogP contribution in [-0.4, -0.2) is 27.2 Å². The van der Waals surface area contributed by atoms with E-state index < -0.39 is 0 Å². The Bertz CT molecular complexity index is 645. The lowest BCUT2D eigenvalue weighted by molar-refractivity contribution is -0.121. The minimum absolute atomic E-state index is 0.0182. The average molecular weight is 349 g/mol. The quantitative estimate of drug-likeness (QED) is 0.791. The Balaban J connectivity index is 1.99. The van der Waals surface area contributed by atoms with E-state index in [4.69, 9.17) is 14.2 Å². The van der Waals surface area contributed by atoms with Crippen molar-refractivity contribution in [1.29, 1.82) is 0 Å². The molecular formula is C18H23NO4S. The highest BCUT2D eigenvalue weighted by molar-refractivity contribution is 7.10. The zero-order chi connectivity index (χ0) is 17.5. The SMILES string of the molecule is COc1cc(CCC(=O)N[C@@H](C)c2cccs2)cc(OC)c1OC. The lowest BCUT2D eigenvalue weighted by atomic mass is 10.1. The van der Waals surface area contributed by atoms with E-state index in [2.05, 4.69) is 5.32 Å². The molecule has 0 aliphatic rings. The smallest absolute Gasteiger partial charge is 0.220 e. The molecule has 1 heterocycles. The predicted octanol–water partition coefficient (Wildman–Crippen LogP) is 3.58. The van der Waals surface area contributed by atoms with Gasteiger partial charge in [0.05, 0.1) is 27.4 Å². The van der Waals surface area contributed by atoms with E-state index in [-0.39, 0.29) is 11.9 Å². The van der Waals surface area contributed by atoms with Crippen LogP contribution in [0.1, 0.15) is 29.8 Å². The zero-order valence-electron chi connectivity index (χ0n) is 14.4. The van der Waals surface area contributed by atoms with Crippen molar-refractivity contribution in [1.82, 2.24) is 5.32 Å². The first-order valence-corrected chi connectivity index (χ1v) is 8.58. The minimum atomic E-state index is 0.0182. The number of carbonyl (C=O) groups excluding carboxylic acids is 1. The number of thiophene rings is 1. The third-order valence-corrected chi connectivity index (χ3v) is 4.77. The van der Waals surface area contributed by atoms with Crippen LogP contribution in [0.5, 0.6) is 17.2 Å². The summed E-state index contributed by atoms with van der Waals surface area (Å²) < 4.78 is 16.0. The van der Waals surface area contributed by atoms with Crippen LogP contribution in [0.4, 0.5) is 0 Å². The van der Waals surface area contributed by atoms with E-state index in [1.54, 1.807) is 32.7 Å². The topological polar surface area (TPSA) is 56.8 Å². The van der Waals surface area contributed by atoms with Gasteiger partial charge in [0.25, 0.3) is 0 Å². The average Bonchev–Trinajstić information content (AvgIpc) is 3.13. The molecule has 1 N–H and O–H groups in total. The third-order valence-electron chi connectivity index (χ3n) is 3.71. The molecule has 1 aromatic carbocycles. The maximum absolute atomic E-state index is 12.2. The van der Waals surface area contributed by atoms with Crippen LogP contribution in [0.15, 0.2) is 29.6 Å². The molecule has 0 saturated heterocycles. The molecule has 6 heteroatoms. The zero-order valence-corrected chi connectivity index (χ0v) is 15.2. The summed E-state index contributed by atoms with van der Waals surface area (Å²) in [6.45, 7) is 1.99. The molecule has 1 aromatic heterocycles. The molecule has 24 heavy (non-hydrogen) atoms. The highest BCUT2D eigenvalue weighted by atomic mass is 32.1. The summed E-state index contributed by atoms with van der Waals surface area (Å²) >= 11 is 1.64. The number of ether oxygens (including phenoxy) is 3. The molecule has 0 unspecified atom stereocenters. The van der Waals surface area contributed by atoms with Gasteiger partial charge in [-0.25, -0.2) is 0 Å². The number of amides is 1. The summed E-state index contributed by atoms with van der Waals surface area (Å²) in [6.07, 6.45) is 0.994. The Hall–Kier alpha value is -2.21. The molecule has 1 amide bonds. The van der Waals surface area contributed by atoms with Gasteiger partial charge in [-0.05, 0) is 42.5 Å². The molecule has 0 aliphatic heterocycles. The van der Waals surface area contributed by atoms with Crippen LogP contribution in [0.2, 0.25) is 0 Å². The number of aryl methyl sites for hydroxylation is 1. The Morgan fingerprint density at radius 2 is 1.83 bits per heavy atom. The van der Waals surface area contributed by atoms with Crippen LogP contribution in [0, 0.1) is 0 Å². The molecule has 2 rings (SSSR count). The van der Waals surface area contributed by atoms with Crippen molar-refractivity contribution in [2.45, 2.75) is 25.8 Å². The van der Waals surface area contributed by atoms with Gasteiger partial charge >= 0.3 is 0 Å². The molecule has 0 radical (unpaired) electrons. The third kappa shape index (κ3) is 4.41. The maximum Gasteiger partial charge on any atom is 0.220 e. The first-order chi connectivity index (χ1) is 11.6. The van der Waals surface area contributed by atoms with Crippen LogP contribution >= 0.6 is 11.3 Å². The lowest BCUT2D eigenvalue weighted by Crippen LogP contribution is -2.26. The maximum atomic E-state index is 12.2. The molecular weight excluding hydrogens is 326 g/mol. The Morgan fingerprint density at radius 1 is 1.17 bits per heavy atom. The number of carbonyl (C=O) groups is 1. The van der Waals surface area contributed by atoms with Crippen molar-refractivity contribution >= 4 is 17.2 Å². The normalized spacial score (nSPS) is 11.7. The molecule has 0 saturated carbocycles. The lowest BCUT2D eigenvalue weighted by Gasteiger charge is -2.15. The van der Waals surface area contributed by atoms with Crippen molar-refractivity contribution in [2.24, 2.45) is 0 Å². The fraction of sp³-hybridized carbons (Fsp3) is 0.389. The highest BCUT2D eigenvalue weighted by Crippen LogP contribution is 2.38. The van der Waals surface area contributed by atoms with E-state index >= 15 is 0 Å². The van der Waals surface area contributed by atoms with Crippen molar-refractivity contribution < 1.29 is 19.0 Å². The Morgan fingerprint density at radius 3 is 2.33 bits per heavy atom. The predicted molar refractivity (Wildman–Crippen MR) is 95.3 cm³/mol. The number of hydrogen-bond donors (Lipinski definition) is 1. The number of nitrogens with one attached hydrogen (secondary N) is 1. The monoisotopic (exact) mass is 349 g/mol. The molecule has 0 spiro atoms. The first-order valence-electron chi connectivity index (χ1n) is 7.70. The van der Waals surface area contributed by atoms with Crippen LogP contribution < -0.4 is 19.5 Å². The van der Waals surface area contributed by atoms with Crippen molar-refractivity contribution in [2.75, 3.05) is 21.3 Å². The van der Waals surface area contributed by atoms with E-state index in [9.17, 15) is 4.79 Å². The van der Waals surface area contributed by atoms with Gasteiger partial charge < -0.3 is 19.5 Å². The molecule has 2 aromatic rings. The summed E-state index contributed by atoms with van der Waals surface area (Å²) in [7, 11) is 4.73. The van der Waals surface area contributed by atoms with Gasteiger partial charge in [0.15, 0.2) is 11.5 Å². The number of rotatable bonds is 8. The Labute approximate surface area is 146 Å². The van der Waals surface area contributed by atoms with Crippen molar-refractivity contribution in [3.8, 4) is 17.2 Å². The van der Waals surface area contributed by atoms with Crippen molar-refractivity contribution in [3.05, 3.63) is 40.1 Å². The molecule has 130 valence electrons. The van der Waals surface area contributed by atoms with Crippen LogP contribution in [0.3, 0.4) is 0 Å². The van der Waals surface area contributed by atoms with E-state index in [0.717, 1.165) is 10.4 Å². The highest BCUT2D eigenvalue weighted by Gasteiger charge is 2.15. The van der Waals surface area contributed by atoms with Gasteiger partial charge in [0, 0.05) is 11.3 Å². The van der Waals surface area contributed by atoms with Crippen LogP contribution in [-0.2, 0) is 11.2 Å². The van der Waals surface area contributed by atoms with Gasteiger partial charge in [-0.1, -0.05) is 6.07 Å². The number of hydrogen-bond acceptors (Lipinski definition) is 5. The minimum Gasteiger partial charge on any atom is -0.493 e. The summed E-state index contributed by atoms with van der Waals surface area (Å²) in [4.78, 5) is 13.3. The van der Waals surface area contributed by atoms with Gasteiger partial charge in [0.2, 0.25) is 11.7 Å². The van der Waals surface area contributed by atoms with E-state index in [0.29, 0.717) is 30.1 Å². The fourth-order valence-corrected chi connectivity index (χ4v) is 3.19. The largest absolute Gasteiger partial charge is 0.493 e. The molecule has 5 nitrogen and oxygen atoms in total. The van der Waals surface area contributed by atoms with Crippen molar-refractivity contribution in [3.63, 3.8) is 0 Å². The number of benzene rings is 1. The van der Waals surface area contributed by atoms with Gasteiger partial charge in [-0.15, -0.1) is 11.3 Å². The molecule has 0 bridgehead atoms. The molecule has 0 fully saturated rings. The summed E-state index contributed by atoms with van der Waals surface area (Å²) in [6, 6.07) is 7.78. The number of methoxy groups -OCH3 is 3. The van der Waals surface area contributed by atoms with E-state index in [1.807, 2.05) is 36.6 Å². The van der Waals surface area contributed by atoms with Crippen LogP contribution in [0.25, 0.3) is 0 Å². The van der Waals surface area contributed by atoms with Gasteiger partial charge in [-0.3, -0.25) is 4.79 Å². The van der Waals surface area contributed by atoms with E-state index in [1.165, 1.54) is 0 Å². The molecule has 0 aliphatic carbocycles. The standard InChI is InChI=1S/C18H23NO4S/c1-12(16-6-5-9-24-16)19-17(20)8-7-13-10-14(21-2)18(23-4)15(11-13)22-3/h5-6,9-12H,7-8H2,1-4H3,(H,19,20)/t12-/m0/s1. The van der Waals surface area contributed by atoms with Gasteiger partial charge in [-0.2, -0.15) is 0 Å². The summed E-state index contributed by atoms with van der Waals surface area (Å²) in [5.41, 5.74) is 0.962.